The molecule has 33 heavy (non-hydrogen) atoms. The van der Waals surface area contributed by atoms with Gasteiger partial charge in [-0.1, -0.05) is 48.6 Å². The van der Waals surface area contributed by atoms with E-state index in [0.717, 1.165) is 23.3 Å². The van der Waals surface area contributed by atoms with Gasteiger partial charge in [-0.2, -0.15) is 0 Å². The van der Waals surface area contributed by atoms with Gasteiger partial charge in [0.2, 0.25) is 17.7 Å². The molecule has 5 atom stereocenters. The Balaban J connectivity index is 1.47. The third-order valence-corrected chi connectivity index (χ3v) is 7.00. The van der Waals surface area contributed by atoms with Gasteiger partial charge in [-0.25, -0.2) is 0 Å². The Labute approximate surface area is 190 Å². The van der Waals surface area contributed by atoms with Crippen LogP contribution < -0.4 is 5.32 Å². The largest absolute Gasteiger partial charge is 0.324 e. The lowest BCUT2D eigenvalue weighted by Crippen LogP contribution is -2.49. The predicted molar refractivity (Wildman–Crippen MR) is 120 cm³/mol. The van der Waals surface area contributed by atoms with Crippen molar-refractivity contribution in [2.24, 2.45) is 23.7 Å². The third kappa shape index (κ3) is 3.71. The van der Waals surface area contributed by atoms with Gasteiger partial charge in [-0.05, 0) is 36.3 Å². The fourth-order valence-electron chi connectivity index (χ4n) is 5.47. The maximum Gasteiger partial charge on any atom is 0.271 e. The number of carbonyl (C=O) groups is 3. The summed E-state index contributed by atoms with van der Waals surface area (Å²) in [6.45, 7) is 0. The lowest BCUT2D eigenvalue weighted by atomic mass is 9.63. The number of benzene rings is 2. The van der Waals surface area contributed by atoms with Crippen molar-refractivity contribution in [2.75, 3.05) is 5.32 Å². The first-order valence-corrected chi connectivity index (χ1v) is 11.1. The van der Waals surface area contributed by atoms with Gasteiger partial charge < -0.3 is 5.32 Å². The Bertz CT molecular complexity index is 1130. The number of nitrogens with one attached hydrogen (secondary N) is 1. The first-order chi connectivity index (χ1) is 15.9. The molecule has 2 fully saturated rings. The van der Waals surface area contributed by atoms with Crippen LogP contribution >= 0.6 is 0 Å². The van der Waals surface area contributed by atoms with Gasteiger partial charge in [-0.3, -0.25) is 29.4 Å². The molecule has 1 N–H and O–H groups in total. The van der Waals surface area contributed by atoms with E-state index in [4.69, 9.17) is 0 Å². The number of likely N-dealkylation sites (tertiary alicyclic amines) is 1. The van der Waals surface area contributed by atoms with Crippen molar-refractivity contribution in [3.63, 3.8) is 0 Å². The number of amides is 3. The molecule has 8 heteroatoms. The van der Waals surface area contributed by atoms with Crippen LogP contribution in [0.5, 0.6) is 0 Å². The van der Waals surface area contributed by atoms with E-state index in [1.54, 1.807) is 6.07 Å². The summed E-state index contributed by atoms with van der Waals surface area (Å²) in [6.07, 6.45) is 6.00. The Morgan fingerprint density at radius 1 is 1.00 bits per heavy atom. The van der Waals surface area contributed by atoms with Crippen molar-refractivity contribution in [2.45, 2.75) is 25.3 Å². The van der Waals surface area contributed by atoms with E-state index in [9.17, 15) is 24.5 Å². The van der Waals surface area contributed by atoms with Crippen LogP contribution in [0.25, 0.3) is 0 Å². The number of hydrogen-bond donors (Lipinski definition) is 1. The maximum atomic E-state index is 13.5. The van der Waals surface area contributed by atoms with Crippen LogP contribution in [0.15, 0.2) is 66.7 Å². The highest BCUT2D eigenvalue weighted by atomic mass is 16.6. The zero-order valence-electron chi connectivity index (χ0n) is 17.8. The van der Waals surface area contributed by atoms with Crippen LogP contribution in [0.1, 0.15) is 18.4 Å². The second-order valence-corrected chi connectivity index (χ2v) is 8.89. The van der Waals surface area contributed by atoms with E-state index >= 15 is 0 Å². The fourth-order valence-corrected chi connectivity index (χ4v) is 5.47. The van der Waals surface area contributed by atoms with Gasteiger partial charge in [0, 0.05) is 24.2 Å². The van der Waals surface area contributed by atoms with Crippen LogP contribution in [0, 0.1) is 33.8 Å². The number of anilines is 1. The fraction of sp³-hybridized carbons (Fsp3) is 0.320. The molecule has 1 heterocycles. The number of hydrogen-bond acceptors (Lipinski definition) is 5. The normalized spacial score (nSPS) is 26.2. The molecular formula is C25H23N3O5. The second kappa shape index (κ2) is 8.27. The number of nitro groups is 1. The number of rotatable bonds is 6. The van der Waals surface area contributed by atoms with Gasteiger partial charge >= 0.3 is 0 Å². The van der Waals surface area contributed by atoms with Crippen LogP contribution in [0.3, 0.4) is 0 Å². The molecule has 0 aromatic heterocycles. The summed E-state index contributed by atoms with van der Waals surface area (Å²) in [7, 11) is 0. The molecule has 0 radical (unpaired) electrons. The second-order valence-electron chi connectivity index (χ2n) is 8.89. The summed E-state index contributed by atoms with van der Waals surface area (Å²) < 4.78 is 0. The minimum Gasteiger partial charge on any atom is -0.324 e. The average molecular weight is 445 g/mol. The van der Waals surface area contributed by atoms with Crippen molar-refractivity contribution >= 4 is 29.1 Å². The first-order valence-electron chi connectivity index (χ1n) is 11.1. The lowest BCUT2D eigenvalue weighted by molar-refractivity contribution is -0.384. The summed E-state index contributed by atoms with van der Waals surface area (Å²) in [5.41, 5.74) is 0.896. The molecule has 3 aliphatic carbocycles. The zero-order chi connectivity index (χ0) is 23.1. The molecule has 3 amide bonds. The number of non-ortho nitro benzene ring substituents is 1. The van der Waals surface area contributed by atoms with Crippen molar-refractivity contribution < 1.29 is 19.3 Å². The van der Waals surface area contributed by atoms with E-state index in [2.05, 4.69) is 5.32 Å². The molecule has 8 nitrogen and oxygen atoms in total. The van der Waals surface area contributed by atoms with Gasteiger partial charge in [0.05, 0.1) is 16.8 Å². The maximum absolute atomic E-state index is 13.5. The number of carbonyl (C=O) groups excluding carboxylic acids is 3. The molecule has 5 unspecified atom stereocenters. The highest BCUT2D eigenvalue weighted by molar-refractivity contribution is 6.10. The summed E-state index contributed by atoms with van der Waals surface area (Å²) in [5, 5.41) is 13.8. The number of nitrogens with zero attached hydrogens (tertiary/aromatic N) is 2. The molecule has 0 spiro atoms. The van der Waals surface area contributed by atoms with Crippen molar-refractivity contribution in [3.05, 3.63) is 82.4 Å². The lowest BCUT2D eigenvalue weighted by Gasteiger charge is -2.38. The summed E-state index contributed by atoms with van der Waals surface area (Å²) in [5.74, 6) is -1.90. The first kappa shape index (κ1) is 21.1. The molecule has 168 valence electrons. The summed E-state index contributed by atoms with van der Waals surface area (Å²) >= 11 is 0. The van der Waals surface area contributed by atoms with Crippen molar-refractivity contribution in [1.82, 2.24) is 4.90 Å². The monoisotopic (exact) mass is 445 g/mol. The third-order valence-electron chi connectivity index (χ3n) is 7.00. The minimum absolute atomic E-state index is 0.0265. The van der Waals surface area contributed by atoms with Gasteiger partial charge in [0.15, 0.2) is 0 Å². The predicted octanol–water partition coefficient (Wildman–Crippen LogP) is 3.34. The molecule has 1 aliphatic heterocycles. The Morgan fingerprint density at radius 2 is 1.64 bits per heavy atom. The summed E-state index contributed by atoms with van der Waals surface area (Å²) in [6, 6.07) is 13.8. The van der Waals surface area contributed by atoms with Crippen LogP contribution in [-0.4, -0.2) is 33.6 Å². The van der Waals surface area contributed by atoms with Gasteiger partial charge in [-0.15, -0.1) is 0 Å². The van der Waals surface area contributed by atoms with Crippen LogP contribution in [-0.2, 0) is 20.8 Å². The molecule has 2 aromatic carbocycles. The van der Waals surface area contributed by atoms with Gasteiger partial charge in [0.25, 0.3) is 5.69 Å². The molecule has 2 bridgehead atoms. The number of fused-ring (bicyclic) bond motifs is 1. The molecule has 2 aromatic rings. The van der Waals surface area contributed by atoms with Crippen LogP contribution in [0.4, 0.5) is 11.4 Å². The van der Waals surface area contributed by atoms with E-state index in [1.807, 2.05) is 42.5 Å². The van der Waals surface area contributed by atoms with Crippen molar-refractivity contribution in [3.8, 4) is 0 Å². The Kier molecular flexibility index (Phi) is 5.28. The summed E-state index contributed by atoms with van der Waals surface area (Å²) in [4.78, 5) is 52.1. The minimum atomic E-state index is -1.04. The highest BCUT2D eigenvalue weighted by Gasteiger charge is 2.58. The molecule has 4 aliphatic rings. The standard InChI is InChI=1S/C25H23N3O5/c29-23(26-18-7-4-8-19(14-18)28(32)33)20(13-15-5-2-1-3-6-15)27-24(30)21-16-9-10-17(12-11-16)22(21)25(27)31/h1-10,14,16-17,20-22H,11-13H2,(H,26,29). The smallest absolute Gasteiger partial charge is 0.271 e. The zero-order valence-corrected chi connectivity index (χ0v) is 17.8. The molecule has 6 rings (SSSR count). The molecular weight excluding hydrogens is 422 g/mol. The molecule has 1 saturated carbocycles. The van der Waals surface area contributed by atoms with Crippen LogP contribution in [0.2, 0.25) is 0 Å². The SMILES string of the molecule is O=C(Nc1cccc([N+](=O)[O-])c1)C(Cc1ccccc1)N1C(=O)C2C3C=CC(CC3)C2C1=O. The van der Waals surface area contributed by atoms with Crippen molar-refractivity contribution in [1.29, 1.82) is 0 Å². The van der Waals surface area contributed by atoms with E-state index in [0.29, 0.717) is 0 Å². The van der Waals surface area contributed by atoms with E-state index in [-0.39, 0.29) is 41.4 Å². The van der Waals surface area contributed by atoms with Gasteiger partial charge in [0.1, 0.15) is 6.04 Å². The average Bonchev–Trinajstić information content (AvgIpc) is 3.11. The number of imide groups is 1. The van der Waals surface area contributed by atoms with E-state index < -0.39 is 28.7 Å². The Hall–Kier alpha value is -3.81. The quantitative estimate of drug-likeness (QED) is 0.317. The Morgan fingerprint density at radius 3 is 2.21 bits per heavy atom. The highest BCUT2D eigenvalue weighted by Crippen LogP contribution is 2.50. The van der Waals surface area contributed by atoms with E-state index in [1.165, 1.54) is 18.2 Å². The topological polar surface area (TPSA) is 110 Å². The number of nitro benzene ring substituents is 1. The molecule has 1 saturated heterocycles. The number of allylic oxidation sites excluding steroid dienone is 2.